The summed E-state index contributed by atoms with van der Waals surface area (Å²) in [6.07, 6.45) is 0.644. The average molecular weight is 204 g/mol. The van der Waals surface area contributed by atoms with E-state index in [9.17, 15) is 13.6 Å². The van der Waals surface area contributed by atoms with Gasteiger partial charge >= 0.3 is 5.97 Å². The Morgan fingerprint density at radius 3 is 2.64 bits per heavy atom. The van der Waals surface area contributed by atoms with Crippen LogP contribution < -0.4 is 0 Å². The van der Waals surface area contributed by atoms with Gasteiger partial charge in [-0.1, -0.05) is 0 Å². The summed E-state index contributed by atoms with van der Waals surface area (Å²) in [5, 5.41) is 8.46. The van der Waals surface area contributed by atoms with Gasteiger partial charge in [-0.2, -0.15) is 8.78 Å². The number of nitrogens with zero attached hydrogens (tertiary/aromatic N) is 2. The lowest BCUT2D eigenvalue weighted by atomic mass is 10.3. The first-order valence-corrected chi connectivity index (χ1v) is 3.93. The lowest BCUT2D eigenvalue weighted by Gasteiger charge is -2.11. The van der Waals surface area contributed by atoms with Crippen LogP contribution in [0, 0.1) is 0 Å². The molecule has 14 heavy (non-hydrogen) atoms. The van der Waals surface area contributed by atoms with Crippen molar-refractivity contribution >= 4 is 5.97 Å². The van der Waals surface area contributed by atoms with Gasteiger partial charge in [0.1, 0.15) is 17.9 Å². The molecule has 1 N–H and O–H groups in total. The van der Waals surface area contributed by atoms with Crippen LogP contribution in [0.4, 0.5) is 8.78 Å². The van der Waals surface area contributed by atoms with Crippen molar-refractivity contribution in [2.24, 2.45) is 7.05 Å². The number of alkyl halides is 2. The predicted octanol–water partition coefficient (Wildman–Crippen LogP) is 1.16. The Hall–Kier alpha value is -1.46. The molecule has 0 saturated heterocycles. The zero-order valence-electron chi connectivity index (χ0n) is 7.79. The molecule has 0 amide bonds. The molecule has 0 atom stereocenters. The molecular weight excluding hydrogens is 194 g/mol. The second-order valence-electron chi connectivity index (χ2n) is 3.08. The quantitative estimate of drug-likeness (QED) is 0.803. The van der Waals surface area contributed by atoms with Crippen LogP contribution in [0.25, 0.3) is 0 Å². The maximum Gasteiger partial charge on any atom is 0.311 e. The fraction of sp³-hybridized carbons (Fsp3) is 0.500. The highest BCUT2D eigenvalue weighted by molar-refractivity contribution is 5.69. The molecule has 0 aliphatic heterocycles. The number of carbonyl (C=O) groups is 1. The standard InChI is InChI=1S/C8H10F2N2O2/c1-8(9,10)5-4-11-6(12(5)2)3-7(13)14/h4H,3H2,1-2H3,(H,13,14). The largest absolute Gasteiger partial charge is 0.481 e. The summed E-state index contributed by atoms with van der Waals surface area (Å²) < 4.78 is 26.8. The van der Waals surface area contributed by atoms with E-state index in [-0.39, 0.29) is 17.9 Å². The number of carboxylic acid groups (broad SMARTS) is 1. The van der Waals surface area contributed by atoms with Gasteiger partial charge in [0.2, 0.25) is 0 Å². The van der Waals surface area contributed by atoms with Crippen LogP contribution in [0.1, 0.15) is 18.4 Å². The topological polar surface area (TPSA) is 55.1 Å². The molecule has 6 heteroatoms. The number of hydrogen-bond donors (Lipinski definition) is 1. The number of carboxylic acids is 1. The first kappa shape index (κ1) is 10.6. The molecule has 0 radical (unpaired) electrons. The highest BCUT2D eigenvalue weighted by atomic mass is 19.3. The van der Waals surface area contributed by atoms with E-state index >= 15 is 0 Å². The van der Waals surface area contributed by atoms with Gasteiger partial charge in [-0.25, -0.2) is 4.98 Å². The van der Waals surface area contributed by atoms with E-state index in [0.717, 1.165) is 17.7 Å². The van der Waals surface area contributed by atoms with Crippen molar-refractivity contribution in [2.45, 2.75) is 19.3 Å². The molecule has 0 unspecified atom stereocenters. The molecule has 0 spiro atoms. The fourth-order valence-electron chi connectivity index (χ4n) is 1.16. The molecule has 1 rings (SSSR count). The first-order valence-electron chi connectivity index (χ1n) is 3.93. The Kier molecular flexibility index (Phi) is 2.55. The number of hydrogen-bond acceptors (Lipinski definition) is 2. The normalized spacial score (nSPS) is 11.7. The summed E-state index contributed by atoms with van der Waals surface area (Å²) in [4.78, 5) is 14.0. The van der Waals surface area contributed by atoms with Gasteiger partial charge in [-0.15, -0.1) is 0 Å². The van der Waals surface area contributed by atoms with Gasteiger partial charge in [-0.3, -0.25) is 4.79 Å². The fourth-order valence-corrected chi connectivity index (χ4v) is 1.16. The third kappa shape index (κ3) is 2.07. The number of aromatic nitrogens is 2. The van der Waals surface area contributed by atoms with Gasteiger partial charge in [0, 0.05) is 14.0 Å². The lowest BCUT2D eigenvalue weighted by Crippen LogP contribution is -2.15. The third-order valence-electron chi connectivity index (χ3n) is 1.84. The lowest BCUT2D eigenvalue weighted by molar-refractivity contribution is -0.136. The van der Waals surface area contributed by atoms with Crippen molar-refractivity contribution in [3.05, 3.63) is 17.7 Å². The predicted molar refractivity (Wildman–Crippen MR) is 44.1 cm³/mol. The minimum Gasteiger partial charge on any atom is -0.481 e. The van der Waals surface area contributed by atoms with E-state index in [1.807, 2.05) is 0 Å². The van der Waals surface area contributed by atoms with Crippen LogP contribution in [-0.2, 0) is 24.2 Å². The zero-order valence-corrected chi connectivity index (χ0v) is 7.79. The Labute approximate surface area is 79.2 Å². The van der Waals surface area contributed by atoms with E-state index in [1.165, 1.54) is 7.05 Å². The smallest absolute Gasteiger partial charge is 0.311 e. The molecule has 0 aliphatic rings. The van der Waals surface area contributed by atoms with Gasteiger partial charge in [0.15, 0.2) is 0 Å². The van der Waals surface area contributed by atoms with Gasteiger partial charge < -0.3 is 9.67 Å². The Morgan fingerprint density at radius 1 is 1.71 bits per heavy atom. The molecule has 1 aromatic rings. The molecule has 0 saturated carbocycles. The molecular formula is C8H10F2N2O2. The summed E-state index contributed by atoms with van der Waals surface area (Å²) in [6.45, 7) is 0.745. The van der Waals surface area contributed by atoms with Crippen molar-refractivity contribution in [2.75, 3.05) is 0 Å². The van der Waals surface area contributed by atoms with E-state index < -0.39 is 11.9 Å². The minimum absolute atomic E-state index is 0.119. The number of rotatable bonds is 3. The Morgan fingerprint density at radius 2 is 2.29 bits per heavy atom. The average Bonchev–Trinajstić information content (AvgIpc) is 2.30. The van der Waals surface area contributed by atoms with E-state index in [1.54, 1.807) is 0 Å². The summed E-state index contributed by atoms with van der Waals surface area (Å²) in [6, 6.07) is 0. The summed E-state index contributed by atoms with van der Waals surface area (Å²) in [5.74, 6) is -3.97. The highest BCUT2D eigenvalue weighted by Crippen LogP contribution is 2.26. The second-order valence-corrected chi connectivity index (χ2v) is 3.08. The molecule has 0 aromatic carbocycles. The van der Waals surface area contributed by atoms with Crippen molar-refractivity contribution in [1.29, 1.82) is 0 Å². The number of aliphatic carboxylic acids is 1. The summed E-state index contributed by atoms with van der Waals surface area (Å²) in [5.41, 5.74) is -0.284. The van der Waals surface area contributed by atoms with Crippen LogP contribution >= 0.6 is 0 Å². The van der Waals surface area contributed by atoms with Crippen molar-refractivity contribution in [1.82, 2.24) is 9.55 Å². The van der Waals surface area contributed by atoms with Crippen molar-refractivity contribution < 1.29 is 18.7 Å². The maximum atomic E-state index is 12.9. The number of halogens is 2. The first-order chi connectivity index (χ1) is 6.32. The molecule has 4 nitrogen and oxygen atoms in total. The second kappa shape index (κ2) is 3.36. The monoisotopic (exact) mass is 204 g/mol. The van der Waals surface area contributed by atoms with Crippen LogP contribution in [-0.4, -0.2) is 20.6 Å². The van der Waals surface area contributed by atoms with Crippen molar-refractivity contribution in [3.8, 4) is 0 Å². The van der Waals surface area contributed by atoms with Gasteiger partial charge in [0.25, 0.3) is 5.92 Å². The molecule has 1 heterocycles. The van der Waals surface area contributed by atoms with Crippen molar-refractivity contribution in [3.63, 3.8) is 0 Å². The maximum absolute atomic E-state index is 12.9. The van der Waals surface area contributed by atoms with E-state index in [2.05, 4.69) is 4.98 Å². The van der Waals surface area contributed by atoms with Gasteiger partial charge in [-0.05, 0) is 0 Å². The molecule has 0 aliphatic carbocycles. The molecule has 0 bridgehead atoms. The minimum atomic E-state index is -3.00. The van der Waals surface area contributed by atoms with E-state index in [4.69, 9.17) is 5.11 Å². The molecule has 1 aromatic heterocycles. The van der Waals surface area contributed by atoms with Crippen LogP contribution in [0.15, 0.2) is 6.20 Å². The highest BCUT2D eigenvalue weighted by Gasteiger charge is 2.29. The molecule has 0 fully saturated rings. The third-order valence-corrected chi connectivity index (χ3v) is 1.84. The van der Waals surface area contributed by atoms with Crippen LogP contribution in [0.2, 0.25) is 0 Å². The Bertz CT molecular complexity index is 355. The number of imidazole rings is 1. The van der Waals surface area contributed by atoms with E-state index in [0.29, 0.717) is 0 Å². The zero-order chi connectivity index (χ0) is 10.9. The summed E-state index contributed by atoms with van der Waals surface area (Å²) in [7, 11) is 1.37. The SMILES string of the molecule is Cn1c(C(C)(F)F)cnc1CC(=O)O. The van der Waals surface area contributed by atoms with Gasteiger partial charge in [0.05, 0.1) is 6.20 Å². The summed E-state index contributed by atoms with van der Waals surface area (Å²) >= 11 is 0. The van der Waals surface area contributed by atoms with Crippen LogP contribution in [0.3, 0.4) is 0 Å². The Balaban J connectivity index is 3.03. The van der Waals surface area contributed by atoms with Crippen LogP contribution in [0.5, 0.6) is 0 Å². The molecule has 78 valence electrons.